The number of aromatic nitrogens is 5. The molecular weight excluding hydrogens is 256 g/mol. The van der Waals surface area contributed by atoms with Gasteiger partial charge >= 0.3 is 0 Å². The van der Waals surface area contributed by atoms with Gasteiger partial charge in [-0.1, -0.05) is 6.07 Å². The molecule has 7 heteroatoms. The Labute approximate surface area is 115 Å². The van der Waals surface area contributed by atoms with E-state index in [0.29, 0.717) is 23.2 Å². The number of hydrogen-bond acceptors (Lipinski definition) is 6. The average molecular weight is 270 g/mol. The van der Waals surface area contributed by atoms with Crippen LogP contribution in [-0.4, -0.2) is 25.1 Å². The molecule has 3 aromatic heterocycles. The normalized spacial score (nSPS) is 12.5. The van der Waals surface area contributed by atoms with E-state index in [1.807, 2.05) is 19.1 Å². The van der Waals surface area contributed by atoms with Gasteiger partial charge < -0.3 is 10.5 Å². The van der Waals surface area contributed by atoms with Crippen LogP contribution in [0.2, 0.25) is 0 Å². The molecule has 0 aliphatic heterocycles. The lowest BCUT2D eigenvalue weighted by atomic mass is 10.1. The molecule has 7 nitrogen and oxygen atoms in total. The number of hydrogen-bond donors (Lipinski definition) is 2. The van der Waals surface area contributed by atoms with E-state index in [0.717, 1.165) is 10.9 Å². The predicted molar refractivity (Wildman–Crippen MR) is 74.1 cm³/mol. The molecule has 102 valence electrons. The zero-order valence-corrected chi connectivity index (χ0v) is 11.2. The van der Waals surface area contributed by atoms with E-state index in [4.69, 9.17) is 10.5 Å². The van der Waals surface area contributed by atoms with Crippen LogP contribution in [0, 0.1) is 6.92 Å². The number of pyridine rings is 1. The topological polar surface area (TPSA) is 103 Å². The average Bonchev–Trinajstić information content (AvgIpc) is 2.87. The van der Waals surface area contributed by atoms with Gasteiger partial charge in [-0.05, 0) is 19.9 Å². The molecule has 0 aliphatic carbocycles. The molecule has 3 heterocycles. The Morgan fingerprint density at radius 3 is 3.00 bits per heavy atom. The molecule has 0 radical (unpaired) electrons. The second kappa shape index (κ2) is 4.76. The number of H-pyrrole nitrogens is 1. The number of aryl methyl sites for hydroxylation is 1. The molecule has 0 bridgehead atoms. The smallest absolute Gasteiger partial charge is 0.228 e. The van der Waals surface area contributed by atoms with Crippen LogP contribution >= 0.6 is 0 Å². The number of nitrogen functional groups attached to an aromatic ring is 1. The summed E-state index contributed by atoms with van der Waals surface area (Å²) in [6.45, 7) is 3.70. The van der Waals surface area contributed by atoms with E-state index in [1.165, 1.54) is 0 Å². The first kappa shape index (κ1) is 12.3. The third kappa shape index (κ3) is 2.13. The lowest BCUT2D eigenvalue weighted by molar-refractivity contribution is 0.220. The maximum absolute atomic E-state index is 5.90. The molecular formula is C13H14N6O. The van der Waals surface area contributed by atoms with Gasteiger partial charge in [-0.15, -0.1) is 0 Å². The monoisotopic (exact) mass is 270 g/mol. The van der Waals surface area contributed by atoms with Crippen molar-refractivity contribution in [1.82, 2.24) is 25.1 Å². The highest BCUT2D eigenvalue weighted by molar-refractivity contribution is 5.79. The van der Waals surface area contributed by atoms with Crippen molar-refractivity contribution < 1.29 is 4.74 Å². The highest BCUT2D eigenvalue weighted by atomic mass is 16.5. The second-order valence-corrected chi connectivity index (χ2v) is 4.45. The van der Waals surface area contributed by atoms with Crippen LogP contribution in [0.15, 0.2) is 24.5 Å². The molecule has 0 aromatic carbocycles. The van der Waals surface area contributed by atoms with E-state index in [2.05, 4.69) is 25.1 Å². The summed E-state index contributed by atoms with van der Waals surface area (Å²) in [4.78, 5) is 12.6. The summed E-state index contributed by atoms with van der Waals surface area (Å²) in [7, 11) is 0. The Hall–Kier alpha value is -2.70. The third-order valence-corrected chi connectivity index (χ3v) is 2.98. The standard InChI is InChI=1S/C13H14N6O/c1-7(9-4-3-5-15-11(9)14)20-13-10-6-16-19-12(10)17-8(2)18-13/h3-7H,1-2H3,(H2,14,15)(H,16,17,18,19)/t7-/m0/s1. The third-order valence-electron chi connectivity index (χ3n) is 2.98. The summed E-state index contributed by atoms with van der Waals surface area (Å²) < 4.78 is 5.90. The highest BCUT2D eigenvalue weighted by Gasteiger charge is 2.15. The van der Waals surface area contributed by atoms with Crippen molar-refractivity contribution >= 4 is 16.9 Å². The number of nitrogens with zero attached hydrogens (tertiary/aromatic N) is 4. The number of nitrogens with two attached hydrogens (primary N) is 1. The molecule has 0 amide bonds. The van der Waals surface area contributed by atoms with Gasteiger partial charge in [0.1, 0.15) is 23.1 Å². The number of anilines is 1. The summed E-state index contributed by atoms with van der Waals surface area (Å²) in [5.41, 5.74) is 7.33. The minimum atomic E-state index is -0.268. The fourth-order valence-electron chi connectivity index (χ4n) is 2.01. The van der Waals surface area contributed by atoms with Crippen molar-refractivity contribution in [2.24, 2.45) is 0 Å². The Morgan fingerprint density at radius 1 is 1.35 bits per heavy atom. The fraction of sp³-hybridized carbons (Fsp3) is 0.231. The van der Waals surface area contributed by atoms with Crippen LogP contribution in [0.1, 0.15) is 24.4 Å². The van der Waals surface area contributed by atoms with Gasteiger partial charge in [-0.3, -0.25) is 5.10 Å². The van der Waals surface area contributed by atoms with Crippen molar-refractivity contribution in [3.8, 4) is 5.88 Å². The zero-order chi connectivity index (χ0) is 14.1. The van der Waals surface area contributed by atoms with Crippen molar-refractivity contribution in [1.29, 1.82) is 0 Å². The first-order chi connectivity index (χ1) is 9.65. The van der Waals surface area contributed by atoms with Crippen molar-refractivity contribution in [3.63, 3.8) is 0 Å². The summed E-state index contributed by atoms with van der Waals surface area (Å²) in [5, 5.41) is 7.50. The molecule has 0 spiro atoms. The van der Waals surface area contributed by atoms with Crippen LogP contribution in [0.3, 0.4) is 0 Å². The molecule has 20 heavy (non-hydrogen) atoms. The van der Waals surface area contributed by atoms with Gasteiger partial charge in [0.05, 0.1) is 6.20 Å². The largest absolute Gasteiger partial charge is 0.469 e. The maximum Gasteiger partial charge on any atom is 0.228 e. The van der Waals surface area contributed by atoms with Gasteiger partial charge in [-0.2, -0.15) is 10.1 Å². The summed E-state index contributed by atoms with van der Waals surface area (Å²) in [5.74, 6) is 1.55. The zero-order valence-electron chi connectivity index (χ0n) is 11.2. The Bertz CT molecular complexity index is 753. The van der Waals surface area contributed by atoms with Crippen LogP contribution in [-0.2, 0) is 0 Å². The molecule has 0 aliphatic rings. The van der Waals surface area contributed by atoms with Crippen LogP contribution in [0.5, 0.6) is 5.88 Å². The summed E-state index contributed by atoms with van der Waals surface area (Å²) in [6.07, 6.45) is 3.02. The molecule has 0 saturated carbocycles. The molecule has 0 saturated heterocycles. The summed E-state index contributed by atoms with van der Waals surface area (Å²) >= 11 is 0. The van der Waals surface area contributed by atoms with Crippen LogP contribution in [0.25, 0.3) is 11.0 Å². The van der Waals surface area contributed by atoms with Crippen LogP contribution in [0.4, 0.5) is 5.82 Å². The van der Waals surface area contributed by atoms with Gasteiger partial charge in [-0.25, -0.2) is 9.97 Å². The van der Waals surface area contributed by atoms with Gasteiger partial charge in [0.2, 0.25) is 5.88 Å². The molecule has 0 unspecified atom stereocenters. The number of fused-ring (bicyclic) bond motifs is 1. The number of rotatable bonds is 3. The van der Waals surface area contributed by atoms with E-state index >= 15 is 0 Å². The minimum absolute atomic E-state index is 0.268. The highest BCUT2D eigenvalue weighted by Crippen LogP contribution is 2.27. The van der Waals surface area contributed by atoms with Gasteiger partial charge in [0.15, 0.2) is 5.65 Å². The van der Waals surface area contributed by atoms with Crippen molar-refractivity contribution in [3.05, 3.63) is 35.9 Å². The van der Waals surface area contributed by atoms with Crippen LogP contribution < -0.4 is 10.5 Å². The quantitative estimate of drug-likeness (QED) is 0.752. The number of aromatic amines is 1. The van der Waals surface area contributed by atoms with Gasteiger partial charge in [0.25, 0.3) is 0 Å². The van der Waals surface area contributed by atoms with Crippen molar-refractivity contribution in [2.75, 3.05) is 5.73 Å². The summed E-state index contributed by atoms with van der Waals surface area (Å²) in [6, 6.07) is 3.71. The van der Waals surface area contributed by atoms with E-state index < -0.39 is 0 Å². The van der Waals surface area contributed by atoms with Gasteiger partial charge in [0, 0.05) is 11.8 Å². The lowest BCUT2D eigenvalue weighted by Crippen LogP contribution is -2.09. The molecule has 3 aromatic rings. The van der Waals surface area contributed by atoms with E-state index in [1.54, 1.807) is 19.3 Å². The molecule has 3 N–H and O–H groups in total. The SMILES string of the molecule is Cc1nc(O[C@@H](C)c2cccnc2N)c2cn[nH]c2n1. The Kier molecular flexibility index (Phi) is 2.94. The fourth-order valence-corrected chi connectivity index (χ4v) is 2.01. The Morgan fingerprint density at radius 2 is 2.20 bits per heavy atom. The number of nitrogens with one attached hydrogen (secondary N) is 1. The second-order valence-electron chi connectivity index (χ2n) is 4.45. The predicted octanol–water partition coefficient (Wildman–Crippen LogP) is 1.78. The Balaban J connectivity index is 1.97. The molecule has 3 rings (SSSR count). The minimum Gasteiger partial charge on any atom is -0.469 e. The first-order valence-corrected chi connectivity index (χ1v) is 6.20. The van der Waals surface area contributed by atoms with E-state index in [-0.39, 0.29) is 6.10 Å². The number of ether oxygens (including phenoxy) is 1. The van der Waals surface area contributed by atoms with Crippen molar-refractivity contribution in [2.45, 2.75) is 20.0 Å². The first-order valence-electron chi connectivity index (χ1n) is 6.20. The maximum atomic E-state index is 5.90. The lowest BCUT2D eigenvalue weighted by Gasteiger charge is -2.15. The molecule has 0 fully saturated rings. The molecule has 1 atom stereocenters. The van der Waals surface area contributed by atoms with E-state index in [9.17, 15) is 0 Å².